The third kappa shape index (κ3) is 4.32. The van der Waals surface area contributed by atoms with Gasteiger partial charge in [0.2, 0.25) is 0 Å². The molecule has 2 fully saturated rings. The highest BCUT2D eigenvalue weighted by Gasteiger charge is 2.45. The monoisotopic (exact) mass is 325 g/mol. The minimum absolute atomic E-state index is 0.0454. The average molecular weight is 325 g/mol. The van der Waals surface area contributed by atoms with Crippen molar-refractivity contribution < 1.29 is 22.4 Å². The van der Waals surface area contributed by atoms with Gasteiger partial charge in [-0.15, -0.1) is 0 Å². The smallest absolute Gasteiger partial charge is 0.266 e. The van der Waals surface area contributed by atoms with E-state index in [-0.39, 0.29) is 30.6 Å². The molecular weight excluding hydrogens is 302 g/mol. The van der Waals surface area contributed by atoms with Crippen LogP contribution in [0.15, 0.2) is 0 Å². The Kier molecular flexibility index (Phi) is 5.36. The van der Waals surface area contributed by atoms with Gasteiger partial charge >= 0.3 is 0 Å². The lowest BCUT2D eigenvalue weighted by atomic mass is 10.1. The van der Waals surface area contributed by atoms with Gasteiger partial charge in [0.25, 0.3) is 10.1 Å². The molecule has 5 unspecified atom stereocenters. The van der Waals surface area contributed by atoms with E-state index in [1.807, 2.05) is 23.7 Å². The fourth-order valence-corrected chi connectivity index (χ4v) is 4.71. The minimum Gasteiger partial charge on any atom is -0.372 e. The number of hydrogen-bond acceptors (Lipinski definition) is 6. The van der Waals surface area contributed by atoms with Gasteiger partial charge in [-0.1, -0.05) is 13.8 Å². The Bertz CT molecular complexity index is 430. The second kappa shape index (κ2) is 6.50. The molecule has 0 spiro atoms. The fraction of sp³-hybridized carbons (Fsp3) is 1.00. The van der Waals surface area contributed by atoms with Crippen molar-refractivity contribution in [3.63, 3.8) is 0 Å². The Balaban J connectivity index is 1.80. The summed E-state index contributed by atoms with van der Waals surface area (Å²) in [4.78, 5) is 1.85. The van der Waals surface area contributed by atoms with Crippen LogP contribution in [0.3, 0.4) is 0 Å². The molecule has 0 aliphatic carbocycles. The highest BCUT2D eigenvalue weighted by molar-refractivity contribution is 8.00. The van der Waals surface area contributed by atoms with Crippen LogP contribution in [0, 0.1) is 0 Å². The Morgan fingerprint density at radius 1 is 1.30 bits per heavy atom. The predicted molar refractivity (Wildman–Crippen MR) is 78.8 cm³/mol. The predicted octanol–water partition coefficient (Wildman–Crippen LogP) is 0.482. The third-order valence-electron chi connectivity index (χ3n) is 3.75. The summed E-state index contributed by atoms with van der Waals surface area (Å²) in [6.07, 6.45) is 0.231. The molecule has 2 aliphatic heterocycles. The van der Waals surface area contributed by atoms with E-state index in [9.17, 15) is 8.42 Å². The largest absolute Gasteiger partial charge is 0.372 e. The van der Waals surface area contributed by atoms with E-state index in [4.69, 9.17) is 14.0 Å². The lowest BCUT2D eigenvalue weighted by molar-refractivity contribution is -0.176. The number of rotatable bonds is 5. The molecule has 2 heterocycles. The van der Waals surface area contributed by atoms with Crippen molar-refractivity contribution in [1.29, 1.82) is 0 Å². The fourth-order valence-electron chi connectivity index (χ4n) is 2.73. The normalized spacial score (nSPS) is 38.1. The second-order valence-corrected chi connectivity index (χ2v) is 8.95. The molecule has 8 heteroatoms. The highest BCUT2D eigenvalue weighted by atomic mass is 32.2. The van der Waals surface area contributed by atoms with Crippen LogP contribution >= 0.6 is 11.8 Å². The molecule has 0 radical (unpaired) electrons. The van der Waals surface area contributed by atoms with Crippen molar-refractivity contribution in [2.45, 2.75) is 42.7 Å². The lowest BCUT2D eigenvalue weighted by Gasteiger charge is -2.36. The first-order chi connectivity index (χ1) is 9.26. The first kappa shape index (κ1) is 16.5. The number of likely N-dealkylation sites (N-methyl/N-ethyl adjacent to an activating group) is 1. The van der Waals surface area contributed by atoms with Crippen molar-refractivity contribution in [2.24, 2.45) is 0 Å². The van der Waals surface area contributed by atoms with Crippen LogP contribution < -0.4 is 0 Å². The highest BCUT2D eigenvalue weighted by Crippen LogP contribution is 2.39. The topological polar surface area (TPSA) is 76.1 Å². The molecule has 2 saturated heterocycles. The van der Waals surface area contributed by atoms with Crippen LogP contribution in [-0.2, 0) is 19.6 Å². The van der Waals surface area contributed by atoms with Crippen molar-refractivity contribution in [2.75, 3.05) is 32.5 Å². The van der Waals surface area contributed by atoms with E-state index in [1.165, 1.54) is 0 Å². The molecule has 0 bridgehead atoms. The zero-order valence-corrected chi connectivity index (χ0v) is 13.7. The molecule has 0 amide bonds. The molecule has 2 aliphatic rings. The molecule has 5 atom stereocenters. The number of thioether (sulfide) groups is 1. The molecule has 1 N–H and O–H groups in total. The number of nitrogens with zero attached hydrogens (tertiary/aromatic N) is 1. The molecular formula is C12H23NO5S2. The summed E-state index contributed by atoms with van der Waals surface area (Å²) in [7, 11) is -2.09. The average Bonchev–Trinajstić information content (AvgIpc) is 2.62. The zero-order valence-electron chi connectivity index (χ0n) is 12.1. The summed E-state index contributed by atoms with van der Waals surface area (Å²) in [6, 6.07) is 0. The van der Waals surface area contributed by atoms with Crippen LogP contribution in [0.2, 0.25) is 0 Å². The summed E-state index contributed by atoms with van der Waals surface area (Å²) in [5, 5.41) is 0.870. The molecule has 20 heavy (non-hydrogen) atoms. The van der Waals surface area contributed by atoms with Gasteiger partial charge in [-0.25, -0.2) is 0 Å². The van der Waals surface area contributed by atoms with Gasteiger partial charge in [0.1, 0.15) is 0 Å². The van der Waals surface area contributed by atoms with E-state index in [0.29, 0.717) is 23.7 Å². The molecule has 0 aromatic heterocycles. The minimum atomic E-state index is -3.91. The van der Waals surface area contributed by atoms with Gasteiger partial charge in [-0.05, 0) is 7.05 Å². The SMILES string of the molecule is CC1SC(C)C2OC(CN(C)CCS(=O)(=O)O)COC12. The van der Waals surface area contributed by atoms with Gasteiger partial charge in [0, 0.05) is 23.6 Å². The van der Waals surface area contributed by atoms with Crippen LogP contribution in [0.1, 0.15) is 13.8 Å². The van der Waals surface area contributed by atoms with E-state index in [1.54, 1.807) is 0 Å². The van der Waals surface area contributed by atoms with E-state index >= 15 is 0 Å². The first-order valence-corrected chi connectivity index (χ1v) is 9.37. The van der Waals surface area contributed by atoms with E-state index in [0.717, 1.165) is 0 Å². The van der Waals surface area contributed by atoms with Crippen molar-refractivity contribution >= 4 is 21.9 Å². The quantitative estimate of drug-likeness (QED) is 0.737. The molecule has 2 rings (SSSR count). The molecule has 0 aromatic rings. The zero-order chi connectivity index (χ0) is 14.9. The van der Waals surface area contributed by atoms with Crippen LogP contribution in [-0.4, -0.2) is 79.2 Å². The van der Waals surface area contributed by atoms with Gasteiger partial charge in [0.05, 0.1) is 30.7 Å². The number of fused-ring (bicyclic) bond motifs is 1. The lowest BCUT2D eigenvalue weighted by Crippen LogP contribution is -2.49. The van der Waals surface area contributed by atoms with Gasteiger partial charge in [0.15, 0.2) is 0 Å². The van der Waals surface area contributed by atoms with Crippen molar-refractivity contribution in [3.8, 4) is 0 Å². The summed E-state index contributed by atoms with van der Waals surface area (Å²) in [5.41, 5.74) is 0. The molecule has 0 saturated carbocycles. The van der Waals surface area contributed by atoms with Crippen molar-refractivity contribution in [1.82, 2.24) is 4.90 Å². The van der Waals surface area contributed by atoms with Gasteiger partial charge in [-0.2, -0.15) is 20.2 Å². The third-order valence-corrected chi connectivity index (χ3v) is 5.84. The molecule has 0 aromatic carbocycles. The number of hydrogen-bond donors (Lipinski definition) is 1. The summed E-state index contributed by atoms with van der Waals surface area (Å²) in [6.45, 7) is 5.74. The Hall–Kier alpha value is 0.140. The van der Waals surface area contributed by atoms with Crippen molar-refractivity contribution in [3.05, 3.63) is 0 Å². The number of ether oxygens (including phenoxy) is 2. The van der Waals surface area contributed by atoms with Crippen LogP contribution in [0.25, 0.3) is 0 Å². The Morgan fingerprint density at radius 3 is 2.60 bits per heavy atom. The Labute approximate surface area is 124 Å². The summed E-state index contributed by atoms with van der Waals surface area (Å²) >= 11 is 1.88. The maximum Gasteiger partial charge on any atom is 0.266 e. The molecule has 118 valence electrons. The van der Waals surface area contributed by atoms with E-state index in [2.05, 4.69) is 13.8 Å². The van der Waals surface area contributed by atoms with Gasteiger partial charge < -0.3 is 14.4 Å². The standard InChI is InChI=1S/C12H23NO5S2/c1-8-11-12(9(2)19-8)18-10(7-17-11)6-13(3)4-5-20(14,15)16/h8-12H,4-7H2,1-3H3,(H,14,15,16). The Morgan fingerprint density at radius 2 is 1.95 bits per heavy atom. The maximum absolute atomic E-state index is 10.7. The maximum atomic E-state index is 10.7. The van der Waals surface area contributed by atoms with Crippen LogP contribution in [0.4, 0.5) is 0 Å². The molecule has 6 nitrogen and oxygen atoms in total. The first-order valence-electron chi connectivity index (χ1n) is 6.82. The van der Waals surface area contributed by atoms with Gasteiger partial charge in [-0.3, -0.25) is 4.55 Å². The summed E-state index contributed by atoms with van der Waals surface area (Å²) in [5.74, 6) is -0.258. The van der Waals surface area contributed by atoms with E-state index < -0.39 is 10.1 Å². The summed E-state index contributed by atoms with van der Waals surface area (Å²) < 4.78 is 42.2. The van der Waals surface area contributed by atoms with Crippen LogP contribution in [0.5, 0.6) is 0 Å². The second-order valence-electron chi connectivity index (χ2n) is 5.62.